The molecule has 1 aliphatic heterocycles. The van der Waals surface area contributed by atoms with Crippen LogP contribution in [0.2, 0.25) is 10.0 Å². The summed E-state index contributed by atoms with van der Waals surface area (Å²) in [6.07, 6.45) is 0.924. The minimum atomic E-state index is -0.523. The van der Waals surface area contributed by atoms with Crippen molar-refractivity contribution in [2.75, 3.05) is 18.4 Å². The molecule has 1 aromatic rings. The number of nitrogens with zero attached hydrogens (tertiary/aromatic N) is 1. The first-order valence-electron chi connectivity index (χ1n) is 8.14. The highest BCUT2D eigenvalue weighted by Crippen LogP contribution is 2.25. The Balaban J connectivity index is 1.80. The SMILES string of the molecule is CC(C)(C)OC(=O)NC1CCN(C(=O)Nc2ccc(Cl)c(Cl)c2)CC1. The molecule has 1 aliphatic rings. The second-order valence-corrected chi connectivity index (χ2v) is 7.78. The number of piperidine rings is 1. The first-order valence-corrected chi connectivity index (χ1v) is 8.90. The van der Waals surface area contributed by atoms with Gasteiger partial charge in [0.05, 0.1) is 10.0 Å². The smallest absolute Gasteiger partial charge is 0.407 e. The Morgan fingerprint density at radius 2 is 1.80 bits per heavy atom. The van der Waals surface area contributed by atoms with Crippen molar-refractivity contribution in [3.8, 4) is 0 Å². The molecule has 2 rings (SSSR count). The quantitative estimate of drug-likeness (QED) is 0.783. The van der Waals surface area contributed by atoms with Crippen LogP contribution < -0.4 is 10.6 Å². The zero-order valence-corrected chi connectivity index (χ0v) is 16.1. The molecule has 1 fully saturated rings. The van der Waals surface area contributed by atoms with Gasteiger partial charge in [0.25, 0.3) is 0 Å². The fourth-order valence-electron chi connectivity index (χ4n) is 2.48. The van der Waals surface area contributed by atoms with Crippen molar-refractivity contribution in [1.82, 2.24) is 10.2 Å². The minimum Gasteiger partial charge on any atom is -0.444 e. The molecule has 2 N–H and O–H groups in total. The van der Waals surface area contributed by atoms with Gasteiger partial charge in [-0.1, -0.05) is 23.2 Å². The summed E-state index contributed by atoms with van der Waals surface area (Å²) < 4.78 is 5.25. The maximum Gasteiger partial charge on any atom is 0.407 e. The molecule has 0 saturated carbocycles. The van der Waals surface area contributed by atoms with E-state index in [1.54, 1.807) is 23.1 Å². The average molecular weight is 388 g/mol. The Bertz CT molecular complexity index is 639. The van der Waals surface area contributed by atoms with E-state index in [-0.39, 0.29) is 12.1 Å². The highest BCUT2D eigenvalue weighted by molar-refractivity contribution is 6.42. The van der Waals surface area contributed by atoms with Gasteiger partial charge in [-0.15, -0.1) is 0 Å². The van der Waals surface area contributed by atoms with Crippen LogP contribution in [0.5, 0.6) is 0 Å². The third-order valence-electron chi connectivity index (χ3n) is 3.67. The second kappa shape index (κ2) is 8.15. The predicted molar refractivity (Wildman–Crippen MR) is 99.4 cm³/mol. The lowest BCUT2D eigenvalue weighted by Gasteiger charge is -2.32. The van der Waals surface area contributed by atoms with Crippen molar-refractivity contribution >= 4 is 41.0 Å². The lowest BCUT2D eigenvalue weighted by Crippen LogP contribution is -2.48. The van der Waals surface area contributed by atoms with Gasteiger partial charge in [-0.25, -0.2) is 9.59 Å². The number of carbonyl (C=O) groups is 2. The third-order valence-corrected chi connectivity index (χ3v) is 4.41. The van der Waals surface area contributed by atoms with E-state index in [9.17, 15) is 9.59 Å². The van der Waals surface area contributed by atoms with Crippen LogP contribution in [0, 0.1) is 0 Å². The van der Waals surface area contributed by atoms with Crippen LogP contribution in [0.15, 0.2) is 18.2 Å². The van der Waals surface area contributed by atoms with Crippen molar-refractivity contribution in [2.45, 2.75) is 45.3 Å². The van der Waals surface area contributed by atoms with E-state index in [4.69, 9.17) is 27.9 Å². The number of likely N-dealkylation sites (tertiary alicyclic amines) is 1. The molecular weight excluding hydrogens is 365 g/mol. The summed E-state index contributed by atoms with van der Waals surface area (Å²) in [6.45, 7) is 6.56. The maximum atomic E-state index is 12.3. The van der Waals surface area contributed by atoms with Gasteiger partial charge in [-0.2, -0.15) is 0 Å². The predicted octanol–water partition coefficient (Wildman–Crippen LogP) is 4.51. The number of anilines is 1. The first-order chi connectivity index (χ1) is 11.6. The van der Waals surface area contributed by atoms with Crippen LogP contribution in [-0.2, 0) is 4.74 Å². The number of amides is 3. The molecule has 8 heteroatoms. The summed E-state index contributed by atoms with van der Waals surface area (Å²) in [6, 6.07) is 4.75. The largest absolute Gasteiger partial charge is 0.444 e. The Kier molecular flexibility index (Phi) is 6.41. The Hall–Kier alpha value is -1.66. The number of nitrogens with one attached hydrogen (secondary N) is 2. The molecule has 0 atom stereocenters. The van der Waals surface area contributed by atoms with Gasteiger partial charge in [0.1, 0.15) is 5.60 Å². The van der Waals surface area contributed by atoms with Crippen molar-refractivity contribution in [1.29, 1.82) is 0 Å². The van der Waals surface area contributed by atoms with Crippen LogP contribution in [0.3, 0.4) is 0 Å². The summed E-state index contributed by atoms with van der Waals surface area (Å²) in [5, 5.41) is 6.47. The summed E-state index contributed by atoms with van der Waals surface area (Å²) in [5.41, 5.74) is 0.0678. The summed E-state index contributed by atoms with van der Waals surface area (Å²) >= 11 is 11.8. The normalized spacial score (nSPS) is 15.6. The van der Waals surface area contributed by atoms with Crippen LogP contribution in [-0.4, -0.2) is 41.8 Å². The fourth-order valence-corrected chi connectivity index (χ4v) is 2.78. The summed E-state index contributed by atoms with van der Waals surface area (Å²) in [5.74, 6) is 0. The van der Waals surface area contributed by atoms with Gasteiger partial charge in [0, 0.05) is 24.8 Å². The van der Waals surface area contributed by atoms with Gasteiger partial charge in [-0.05, 0) is 51.8 Å². The Morgan fingerprint density at radius 1 is 1.16 bits per heavy atom. The number of urea groups is 1. The highest BCUT2D eigenvalue weighted by Gasteiger charge is 2.25. The minimum absolute atomic E-state index is 0.00359. The van der Waals surface area contributed by atoms with Crippen molar-refractivity contribution in [2.24, 2.45) is 0 Å². The third kappa shape index (κ3) is 6.29. The van der Waals surface area contributed by atoms with Crippen LogP contribution in [0.4, 0.5) is 15.3 Å². The molecule has 0 spiro atoms. The molecule has 0 aromatic heterocycles. The average Bonchev–Trinajstić information content (AvgIpc) is 2.49. The molecule has 1 heterocycles. The maximum absolute atomic E-state index is 12.3. The van der Waals surface area contributed by atoms with E-state index < -0.39 is 11.7 Å². The van der Waals surface area contributed by atoms with E-state index in [1.807, 2.05) is 20.8 Å². The summed E-state index contributed by atoms with van der Waals surface area (Å²) in [7, 11) is 0. The van der Waals surface area contributed by atoms with Gasteiger partial charge in [0.15, 0.2) is 0 Å². The van der Waals surface area contributed by atoms with Crippen LogP contribution in [0.25, 0.3) is 0 Å². The van der Waals surface area contributed by atoms with Crippen molar-refractivity contribution < 1.29 is 14.3 Å². The van der Waals surface area contributed by atoms with E-state index >= 15 is 0 Å². The van der Waals surface area contributed by atoms with Gasteiger partial charge in [-0.3, -0.25) is 0 Å². The second-order valence-electron chi connectivity index (χ2n) is 6.97. The Morgan fingerprint density at radius 3 is 2.36 bits per heavy atom. The lowest BCUT2D eigenvalue weighted by atomic mass is 10.1. The number of halogens is 2. The number of carbonyl (C=O) groups excluding carboxylic acids is 2. The summed E-state index contributed by atoms with van der Waals surface area (Å²) in [4.78, 5) is 25.8. The molecule has 0 radical (unpaired) electrons. The standard InChI is InChI=1S/C17H23Cl2N3O3/c1-17(2,3)25-16(24)21-11-6-8-22(9-7-11)15(23)20-12-4-5-13(18)14(19)10-12/h4-5,10-11H,6-9H2,1-3H3,(H,20,23)(H,21,24). The van der Waals surface area contributed by atoms with E-state index in [2.05, 4.69) is 10.6 Å². The Labute approximate surface area is 157 Å². The number of benzene rings is 1. The molecule has 1 saturated heterocycles. The van der Waals surface area contributed by atoms with Crippen molar-refractivity contribution in [3.63, 3.8) is 0 Å². The van der Waals surface area contributed by atoms with Crippen LogP contribution in [0.1, 0.15) is 33.6 Å². The lowest BCUT2D eigenvalue weighted by molar-refractivity contribution is 0.0486. The van der Waals surface area contributed by atoms with E-state index in [1.165, 1.54) is 0 Å². The van der Waals surface area contributed by atoms with Gasteiger partial charge in [0.2, 0.25) is 0 Å². The molecule has 25 heavy (non-hydrogen) atoms. The monoisotopic (exact) mass is 387 g/mol. The molecule has 3 amide bonds. The number of hydrogen-bond donors (Lipinski definition) is 2. The van der Waals surface area contributed by atoms with E-state index in [0.717, 1.165) is 0 Å². The molecule has 0 unspecified atom stereocenters. The van der Waals surface area contributed by atoms with E-state index in [0.29, 0.717) is 41.7 Å². The molecular formula is C17H23Cl2N3O3. The number of hydrogen-bond acceptors (Lipinski definition) is 3. The number of ether oxygens (including phenoxy) is 1. The van der Waals surface area contributed by atoms with Gasteiger partial charge >= 0.3 is 12.1 Å². The first kappa shape index (κ1) is 19.7. The fraction of sp³-hybridized carbons (Fsp3) is 0.529. The topological polar surface area (TPSA) is 70.7 Å². The zero-order chi connectivity index (χ0) is 18.6. The molecule has 0 bridgehead atoms. The zero-order valence-electron chi connectivity index (χ0n) is 14.6. The number of rotatable bonds is 2. The van der Waals surface area contributed by atoms with Crippen molar-refractivity contribution in [3.05, 3.63) is 28.2 Å². The van der Waals surface area contributed by atoms with Crippen LogP contribution >= 0.6 is 23.2 Å². The highest BCUT2D eigenvalue weighted by atomic mass is 35.5. The molecule has 6 nitrogen and oxygen atoms in total. The molecule has 1 aromatic carbocycles. The number of alkyl carbamates (subject to hydrolysis) is 1. The van der Waals surface area contributed by atoms with Gasteiger partial charge < -0.3 is 20.3 Å². The molecule has 0 aliphatic carbocycles. The molecule has 138 valence electrons.